The van der Waals surface area contributed by atoms with Crippen molar-refractivity contribution < 1.29 is 4.74 Å². The Bertz CT molecular complexity index is 1130. The topological polar surface area (TPSA) is 120 Å². The second-order valence-electron chi connectivity index (χ2n) is 6.78. The molecule has 4 aromatic rings. The molecule has 0 radical (unpaired) electrons. The standard InChI is InChI=1S/C18H20N10O/c1-29-16-8-14(4-7-20-16)28-17-15(25-26-28)10-21-18(24-17)23-12-9-22-27(11-12)13-2-5-19-6-3-13/h4,7-11,13,19H,2-3,5-6H2,1H3,(H,21,23,24). The van der Waals surface area contributed by atoms with Gasteiger partial charge in [-0.15, -0.1) is 5.10 Å². The third-order valence-corrected chi connectivity index (χ3v) is 4.91. The van der Waals surface area contributed by atoms with E-state index in [1.807, 2.05) is 16.9 Å². The molecular formula is C18H20N10O. The summed E-state index contributed by atoms with van der Waals surface area (Å²) in [5.41, 5.74) is 2.77. The Morgan fingerprint density at radius 1 is 1.21 bits per heavy atom. The van der Waals surface area contributed by atoms with Crippen LogP contribution in [0.3, 0.4) is 0 Å². The van der Waals surface area contributed by atoms with E-state index in [2.05, 4.69) is 41.0 Å². The number of nitrogens with zero attached hydrogens (tertiary/aromatic N) is 8. The van der Waals surface area contributed by atoms with E-state index < -0.39 is 0 Å². The number of fused-ring (bicyclic) bond motifs is 1. The van der Waals surface area contributed by atoms with Crippen molar-refractivity contribution in [1.82, 2.24) is 45.0 Å². The molecule has 1 fully saturated rings. The lowest BCUT2D eigenvalue weighted by Crippen LogP contribution is -2.29. The van der Waals surface area contributed by atoms with Gasteiger partial charge < -0.3 is 15.4 Å². The van der Waals surface area contributed by atoms with Crippen molar-refractivity contribution in [3.63, 3.8) is 0 Å². The highest BCUT2D eigenvalue weighted by Gasteiger charge is 2.16. The van der Waals surface area contributed by atoms with Gasteiger partial charge >= 0.3 is 0 Å². The summed E-state index contributed by atoms with van der Waals surface area (Å²) in [6.45, 7) is 2.04. The number of piperidine rings is 1. The molecule has 11 heteroatoms. The minimum atomic E-state index is 0.419. The Hall–Kier alpha value is -3.60. The van der Waals surface area contributed by atoms with Gasteiger partial charge in [-0.25, -0.2) is 9.97 Å². The molecule has 1 saturated heterocycles. The van der Waals surface area contributed by atoms with E-state index in [4.69, 9.17) is 4.74 Å². The van der Waals surface area contributed by atoms with Crippen LogP contribution in [0.15, 0.2) is 36.9 Å². The second kappa shape index (κ2) is 7.43. The van der Waals surface area contributed by atoms with Crippen LogP contribution in [0, 0.1) is 0 Å². The molecule has 2 N–H and O–H groups in total. The molecule has 0 atom stereocenters. The van der Waals surface area contributed by atoms with Crippen LogP contribution >= 0.6 is 0 Å². The van der Waals surface area contributed by atoms with Crippen molar-refractivity contribution in [1.29, 1.82) is 0 Å². The Labute approximate surface area is 166 Å². The Morgan fingerprint density at radius 2 is 2.10 bits per heavy atom. The average molecular weight is 392 g/mol. The number of aromatic nitrogens is 8. The zero-order valence-electron chi connectivity index (χ0n) is 15.9. The maximum atomic E-state index is 5.19. The first-order valence-electron chi connectivity index (χ1n) is 9.41. The van der Waals surface area contributed by atoms with Crippen molar-refractivity contribution in [2.45, 2.75) is 18.9 Å². The second-order valence-corrected chi connectivity index (χ2v) is 6.78. The van der Waals surface area contributed by atoms with Gasteiger partial charge in [0.1, 0.15) is 0 Å². The minimum absolute atomic E-state index is 0.419. The molecule has 5 heterocycles. The minimum Gasteiger partial charge on any atom is -0.481 e. The highest BCUT2D eigenvalue weighted by atomic mass is 16.5. The van der Waals surface area contributed by atoms with Crippen LogP contribution in [0.5, 0.6) is 5.88 Å². The van der Waals surface area contributed by atoms with E-state index in [0.717, 1.165) is 37.3 Å². The zero-order chi connectivity index (χ0) is 19.6. The molecule has 0 bridgehead atoms. The number of anilines is 2. The lowest BCUT2D eigenvalue weighted by atomic mass is 10.1. The first kappa shape index (κ1) is 17.5. The predicted molar refractivity (Wildman–Crippen MR) is 105 cm³/mol. The molecule has 0 amide bonds. The highest BCUT2D eigenvalue weighted by molar-refractivity contribution is 5.72. The van der Waals surface area contributed by atoms with E-state index in [0.29, 0.717) is 29.0 Å². The maximum absolute atomic E-state index is 5.19. The molecule has 148 valence electrons. The maximum Gasteiger partial charge on any atom is 0.229 e. The molecule has 1 aliphatic heterocycles. The highest BCUT2D eigenvalue weighted by Crippen LogP contribution is 2.22. The average Bonchev–Trinajstić information content (AvgIpc) is 3.41. The fraction of sp³-hybridized carbons (Fsp3) is 0.333. The van der Waals surface area contributed by atoms with E-state index in [9.17, 15) is 0 Å². The summed E-state index contributed by atoms with van der Waals surface area (Å²) in [5, 5.41) is 19.4. The largest absolute Gasteiger partial charge is 0.481 e. The number of hydrogen-bond donors (Lipinski definition) is 2. The number of ether oxygens (including phenoxy) is 1. The van der Waals surface area contributed by atoms with Crippen LogP contribution in [0.25, 0.3) is 16.9 Å². The fourth-order valence-corrected chi connectivity index (χ4v) is 3.41. The summed E-state index contributed by atoms with van der Waals surface area (Å²) in [6, 6.07) is 4.00. The van der Waals surface area contributed by atoms with Crippen LogP contribution in [0.1, 0.15) is 18.9 Å². The van der Waals surface area contributed by atoms with Crippen molar-refractivity contribution >= 4 is 22.8 Å². The van der Waals surface area contributed by atoms with E-state index in [1.54, 1.807) is 36.4 Å². The third kappa shape index (κ3) is 3.47. The number of pyridine rings is 1. The molecule has 0 spiro atoms. The molecule has 0 unspecified atom stereocenters. The van der Waals surface area contributed by atoms with Crippen LogP contribution in [-0.2, 0) is 0 Å². The lowest BCUT2D eigenvalue weighted by molar-refractivity contribution is 0.343. The fourth-order valence-electron chi connectivity index (χ4n) is 3.41. The molecule has 4 aromatic heterocycles. The van der Waals surface area contributed by atoms with Crippen molar-refractivity contribution in [2.24, 2.45) is 0 Å². The van der Waals surface area contributed by atoms with E-state index in [-0.39, 0.29) is 0 Å². The van der Waals surface area contributed by atoms with Gasteiger partial charge in [0.15, 0.2) is 11.2 Å². The summed E-state index contributed by atoms with van der Waals surface area (Å²) in [7, 11) is 1.57. The molecule has 11 nitrogen and oxygen atoms in total. The van der Waals surface area contributed by atoms with Gasteiger partial charge in [0.25, 0.3) is 0 Å². The molecule has 5 rings (SSSR count). The Kier molecular flexibility index (Phi) is 4.48. The van der Waals surface area contributed by atoms with Gasteiger partial charge in [-0.05, 0) is 32.0 Å². The van der Waals surface area contributed by atoms with Crippen molar-refractivity contribution in [2.75, 3.05) is 25.5 Å². The van der Waals surface area contributed by atoms with Gasteiger partial charge in [-0.2, -0.15) is 14.8 Å². The quantitative estimate of drug-likeness (QED) is 0.520. The van der Waals surface area contributed by atoms with Crippen LogP contribution in [0.2, 0.25) is 0 Å². The predicted octanol–water partition coefficient (Wildman–Crippen LogP) is 1.48. The van der Waals surface area contributed by atoms with Crippen molar-refractivity contribution in [3.05, 3.63) is 36.9 Å². The van der Waals surface area contributed by atoms with Crippen LogP contribution in [-0.4, -0.2) is 59.9 Å². The molecule has 0 aromatic carbocycles. The zero-order valence-corrected chi connectivity index (χ0v) is 15.9. The molecular weight excluding hydrogens is 372 g/mol. The number of rotatable bonds is 5. The number of hydrogen-bond acceptors (Lipinski definition) is 9. The first-order chi connectivity index (χ1) is 14.3. The summed E-state index contributed by atoms with van der Waals surface area (Å²) in [5.74, 6) is 0.941. The molecule has 1 aliphatic rings. The van der Waals surface area contributed by atoms with Gasteiger partial charge in [-0.1, -0.05) is 5.21 Å². The molecule has 29 heavy (non-hydrogen) atoms. The summed E-state index contributed by atoms with van der Waals surface area (Å²) in [6.07, 6.45) is 9.22. The smallest absolute Gasteiger partial charge is 0.229 e. The summed E-state index contributed by atoms with van der Waals surface area (Å²) >= 11 is 0. The molecule has 0 aliphatic carbocycles. The lowest BCUT2D eigenvalue weighted by Gasteiger charge is -2.22. The summed E-state index contributed by atoms with van der Waals surface area (Å²) < 4.78 is 8.83. The summed E-state index contributed by atoms with van der Waals surface area (Å²) in [4.78, 5) is 13.1. The normalized spacial score (nSPS) is 14.9. The number of nitrogens with one attached hydrogen (secondary N) is 2. The van der Waals surface area contributed by atoms with Crippen LogP contribution in [0.4, 0.5) is 11.6 Å². The molecule has 0 saturated carbocycles. The van der Waals surface area contributed by atoms with Crippen LogP contribution < -0.4 is 15.4 Å². The SMILES string of the molecule is COc1cc(-n2nnc3cnc(Nc4cnn(C5CCNCC5)c4)nc32)ccn1. The first-order valence-corrected chi connectivity index (χ1v) is 9.41. The van der Waals surface area contributed by atoms with E-state index in [1.165, 1.54) is 0 Å². The van der Waals surface area contributed by atoms with Gasteiger partial charge in [0.05, 0.1) is 36.9 Å². The van der Waals surface area contributed by atoms with Gasteiger partial charge in [-0.3, -0.25) is 4.68 Å². The van der Waals surface area contributed by atoms with Gasteiger partial charge in [0, 0.05) is 18.5 Å². The van der Waals surface area contributed by atoms with Gasteiger partial charge in [0.2, 0.25) is 11.8 Å². The Morgan fingerprint density at radius 3 is 2.97 bits per heavy atom. The van der Waals surface area contributed by atoms with E-state index >= 15 is 0 Å². The third-order valence-electron chi connectivity index (χ3n) is 4.91. The Balaban J connectivity index is 1.42. The van der Waals surface area contributed by atoms with Crippen molar-refractivity contribution in [3.8, 4) is 11.6 Å². The monoisotopic (exact) mass is 392 g/mol. The number of methoxy groups -OCH3 is 1.